The molecule has 0 aromatic heterocycles. The predicted octanol–water partition coefficient (Wildman–Crippen LogP) is 5.78. The first-order valence-electron chi connectivity index (χ1n) is 10.8. The minimum atomic E-state index is 0.721. The third-order valence-corrected chi connectivity index (χ3v) is 6.99. The maximum Gasteiger partial charge on any atom is 0.0112 e. The van der Waals surface area contributed by atoms with Crippen LogP contribution < -0.4 is 0 Å². The lowest BCUT2D eigenvalue weighted by molar-refractivity contribution is 0.138. The molecule has 1 aliphatic carbocycles. The standard InChI is InChI=1S/C23H40N2S/c1-4-21(2)25(20-22-12-7-5-8-13-22)18-17-24(3)16-11-19-26-23-14-9-6-10-15-23/h6,9-10,14-15,21-22H,4-5,7-8,11-13,16-20H2,1-3H3. The zero-order valence-corrected chi connectivity index (χ0v) is 18.1. The molecular formula is C23H40N2S. The van der Waals surface area contributed by atoms with Crippen molar-refractivity contribution in [3.8, 4) is 0 Å². The van der Waals surface area contributed by atoms with Gasteiger partial charge in [-0.05, 0) is 70.0 Å². The van der Waals surface area contributed by atoms with Crippen molar-refractivity contribution >= 4 is 11.8 Å². The van der Waals surface area contributed by atoms with Crippen molar-refractivity contribution < 1.29 is 0 Å². The summed E-state index contributed by atoms with van der Waals surface area (Å²) < 4.78 is 0. The van der Waals surface area contributed by atoms with Crippen LogP contribution in [0.4, 0.5) is 0 Å². The first-order chi connectivity index (χ1) is 12.7. The van der Waals surface area contributed by atoms with Gasteiger partial charge in [0.25, 0.3) is 0 Å². The maximum atomic E-state index is 2.77. The lowest BCUT2D eigenvalue weighted by Gasteiger charge is -2.34. The van der Waals surface area contributed by atoms with Gasteiger partial charge in [0.05, 0.1) is 0 Å². The van der Waals surface area contributed by atoms with E-state index in [1.165, 1.54) is 81.8 Å². The number of likely N-dealkylation sites (N-methyl/N-ethyl adjacent to an activating group) is 1. The summed E-state index contributed by atoms with van der Waals surface area (Å²) >= 11 is 1.98. The van der Waals surface area contributed by atoms with E-state index in [0.717, 1.165) is 12.0 Å². The Bertz CT molecular complexity index is 459. The smallest absolute Gasteiger partial charge is 0.0112 e. The summed E-state index contributed by atoms with van der Waals surface area (Å²) in [7, 11) is 2.29. The molecule has 0 aliphatic heterocycles. The van der Waals surface area contributed by atoms with Gasteiger partial charge in [-0.2, -0.15) is 0 Å². The summed E-state index contributed by atoms with van der Waals surface area (Å²) in [5.41, 5.74) is 0. The SMILES string of the molecule is CCC(C)N(CCN(C)CCCSc1ccccc1)CC1CCCCC1. The average Bonchev–Trinajstić information content (AvgIpc) is 2.69. The Hall–Kier alpha value is -0.510. The van der Waals surface area contributed by atoms with Gasteiger partial charge < -0.3 is 4.90 Å². The van der Waals surface area contributed by atoms with Crippen LogP contribution in [0.15, 0.2) is 35.2 Å². The van der Waals surface area contributed by atoms with E-state index in [-0.39, 0.29) is 0 Å². The highest BCUT2D eigenvalue weighted by molar-refractivity contribution is 7.99. The topological polar surface area (TPSA) is 6.48 Å². The summed E-state index contributed by atoms with van der Waals surface area (Å²) in [6, 6.07) is 11.5. The third kappa shape index (κ3) is 8.45. The number of rotatable bonds is 12. The number of hydrogen-bond donors (Lipinski definition) is 0. The van der Waals surface area contributed by atoms with E-state index in [4.69, 9.17) is 0 Å². The Kier molecular flexibility index (Phi) is 10.7. The molecule has 26 heavy (non-hydrogen) atoms. The fourth-order valence-electron chi connectivity index (χ4n) is 3.90. The van der Waals surface area contributed by atoms with Crippen LogP contribution in [-0.2, 0) is 0 Å². The second-order valence-electron chi connectivity index (χ2n) is 8.07. The van der Waals surface area contributed by atoms with E-state index in [9.17, 15) is 0 Å². The molecule has 0 amide bonds. The second kappa shape index (κ2) is 12.8. The van der Waals surface area contributed by atoms with Crippen LogP contribution >= 0.6 is 11.8 Å². The number of thioether (sulfide) groups is 1. The maximum absolute atomic E-state index is 2.77. The van der Waals surface area contributed by atoms with E-state index in [0.29, 0.717) is 0 Å². The van der Waals surface area contributed by atoms with Gasteiger partial charge in [0.15, 0.2) is 0 Å². The van der Waals surface area contributed by atoms with E-state index in [2.05, 4.69) is 61.0 Å². The van der Waals surface area contributed by atoms with Crippen molar-refractivity contribution in [1.82, 2.24) is 9.80 Å². The Morgan fingerprint density at radius 2 is 1.77 bits per heavy atom. The first kappa shape index (κ1) is 21.8. The molecule has 0 spiro atoms. The Labute approximate surface area is 166 Å². The number of nitrogens with zero attached hydrogens (tertiary/aromatic N) is 2. The Balaban J connectivity index is 1.64. The average molecular weight is 377 g/mol. The van der Waals surface area contributed by atoms with Gasteiger partial charge in [-0.1, -0.05) is 44.4 Å². The van der Waals surface area contributed by atoms with Crippen molar-refractivity contribution in [2.75, 3.05) is 39.0 Å². The predicted molar refractivity (Wildman–Crippen MR) is 117 cm³/mol. The molecular weight excluding hydrogens is 336 g/mol. The quantitative estimate of drug-likeness (QED) is 0.337. The molecule has 2 rings (SSSR count). The van der Waals surface area contributed by atoms with Crippen LogP contribution in [0, 0.1) is 5.92 Å². The van der Waals surface area contributed by atoms with E-state index >= 15 is 0 Å². The molecule has 3 heteroatoms. The van der Waals surface area contributed by atoms with Gasteiger partial charge in [0.1, 0.15) is 0 Å². The molecule has 1 unspecified atom stereocenters. The zero-order chi connectivity index (χ0) is 18.6. The first-order valence-corrected chi connectivity index (χ1v) is 11.8. The number of benzene rings is 1. The lowest BCUT2D eigenvalue weighted by Crippen LogP contribution is -2.42. The van der Waals surface area contributed by atoms with Gasteiger partial charge in [0.2, 0.25) is 0 Å². The summed E-state index contributed by atoms with van der Waals surface area (Å²) in [4.78, 5) is 6.69. The molecule has 0 bridgehead atoms. The summed E-state index contributed by atoms with van der Waals surface area (Å²) in [6.07, 6.45) is 9.82. The summed E-state index contributed by atoms with van der Waals surface area (Å²) in [5, 5.41) is 0. The molecule has 2 nitrogen and oxygen atoms in total. The van der Waals surface area contributed by atoms with E-state index in [1.54, 1.807) is 0 Å². The van der Waals surface area contributed by atoms with Crippen molar-refractivity contribution in [1.29, 1.82) is 0 Å². The molecule has 0 heterocycles. The fourth-order valence-corrected chi connectivity index (χ4v) is 4.76. The monoisotopic (exact) mass is 376 g/mol. The second-order valence-corrected chi connectivity index (χ2v) is 9.24. The zero-order valence-electron chi connectivity index (χ0n) is 17.3. The minimum Gasteiger partial charge on any atom is -0.305 e. The van der Waals surface area contributed by atoms with Crippen molar-refractivity contribution in [2.45, 2.75) is 69.7 Å². The van der Waals surface area contributed by atoms with E-state index < -0.39 is 0 Å². The van der Waals surface area contributed by atoms with Gasteiger partial charge in [0, 0.05) is 30.6 Å². The summed E-state index contributed by atoms with van der Waals surface area (Å²) in [5.74, 6) is 2.16. The largest absolute Gasteiger partial charge is 0.305 e. The molecule has 148 valence electrons. The molecule has 1 fully saturated rings. The van der Waals surface area contributed by atoms with Gasteiger partial charge >= 0.3 is 0 Å². The summed E-state index contributed by atoms with van der Waals surface area (Å²) in [6.45, 7) is 9.72. The third-order valence-electron chi connectivity index (χ3n) is 5.90. The molecule has 0 N–H and O–H groups in total. The molecule has 1 aliphatic rings. The molecule has 0 saturated heterocycles. The highest BCUT2D eigenvalue weighted by Gasteiger charge is 2.20. The number of hydrogen-bond acceptors (Lipinski definition) is 3. The van der Waals surface area contributed by atoms with Gasteiger partial charge in [-0.25, -0.2) is 0 Å². The normalized spacial score (nSPS) is 17.1. The van der Waals surface area contributed by atoms with Crippen LogP contribution in [0.1, 0.15) is 58.8 Å². The van der Waals surface area contributed by atoms with Crippen molar-refractivity contribution in [3.05, 3.63) is 30.3 Å². The Morgan fingerprint density at radius 1 is 1.04 bits per heavy atom. The molecule has 1 aromatic rings. The van der Waals surface area contributed by atoms with E-state index in [1.807, 2.05) is 11.8 Å². The molecule has 1 saturated carbocycles. The van der Waals surface area contributed by atoms with Crippen molar-refractivity contribution in [3.63, 3.8) is 0 Å². The minimum absolute atomic E-state index is 0.721. The van der Waals surface area contributed by atoms with Gasteiger partial charge in [-0.15, -0.1) is 11.8 Å². The lowest BCUT2D eigenvalue weighted by atomic mass is 9.88. The molecule has 1 atom stereocenters. The molecule has 0 radical (unpaired) electrons. The van der Waals surface area contributed by atoms with Crippen LogP contribution in [0.5, 0.6) is 0 Å². The van der Waals surface area contributed by atoms with Crippen molar-refractivity contribution in [2.24, 2.45) is 5.92 Å². The van der Waals surface area contributed by atoms with Crippen LogP contribution in [0.3, 0.4) is 0 Å². The van der Waals surface area contributed by atoms with Crippen LogP contribution in [-0.4, -0.2) is 54.8 Å². The highest BCUT2D eigenvalue weighted by Crippen LogP contribution is 2.25. The molecule has 1 aromatic carbocycles. The van der Waals surface area contributed by atoms with Crippen LogP contribution in [0.25, 0.3) is 0 Å². The van der Waals surface area contributed by atoms with Crippen LogP contribution in [0.2, 0.25) is 0 Å². The highest BCUT2D eigenvalue weighted by atomic mass is 32.2. The Morgan fingerprint density at radius 3 is 2.46 bits per heavy atom. The fraction of sp³-hybridized carbons (Fsp3) is 0.739. The van der Waals surface area contributed by atoms with Gasteiger partial charge in [-0.3, -0.25) is 4.90 Å².